The number of fused-ring (bicyclic) bond motifs is 1. The molecule has 2 unspecified atom stereocenters. The van der Waals surface area contributed by atoms with Crippen molar-refractivity contribution in [3.63, 3.8) is 0 Å². The Labute approximate surface area is 296 Å². The zero-order valence-electron chi connectivity index (χ0n) is 27.4. The second-order valence-corrected chi connectivity index (χ2v) is 12.7. The van der Waals surface area contributed by atoms with E-state index in [-0.39, 0.29) is 35.8 Å². The topological polar surface area (TPSA) is 242 Å². The van der Waals surface area contributed by atoms with Crippen molar-refractivity contribution < 1.29 is 34.2 Å². The number of carboxylic acids is 1. The highest BCUT2D eigenvalue weighted by Gasteiger charge is 2.55. The number of carbonyl (C=O) groups is 5. The third-order valence-electron chi connectivity index (χ3n) is 8.04. The number of urea groups is 1. The van der Waals surface area contributed by atoms with Crippen molar-refractivity contribution in [2.24, 2.45) is 0 Å². The summed E-state index contributed by atoms with van der Waals surface area (Å²) in [6.07, 6.45) is 1.86. The van der Waals surface area contributed by atoms with Gasteiger partial charge in [-0.1, -0.05) is 41.9 Å². The summed E-state index contributed by atoms with van der Waals surface area (Å²) >= 11 is 6.11. The van der Waals surface area contributed by atoms with Gasteiger partial charge in [0.1, 0.15) is 12.4 Å². The third kappa shape index (κ3) is 8.57. The highest BCUT2D eigenvalue weighted by atomic mass is 35.5. The number of amides is 5. The number of hydrogen-bond acceptors (Lipinski definition) is 10. The lowest BCUT2D eigenvalue weighted by molar-refractivity contribution is -0.149. The number of carbonyl (C=O) groups excluding carboxylic acids is 4. The van der Waals surface area contributed by atoms with Crippen LogP contribution in [0.25, 0.3) is 5.69 Å². The number of halogens is 1. The summed E-state index contributed by atoms with van der Waals surface area (Å²) < 4.78 is 1.23. The zero-order chi connectivity index (χ0) is 36.8. The van der Waals surface area contributed by atoms with Gasteiger partial charge in [-0.05, 0) is 79.1 Å². The maximum atomic E-state index is 13.3. The van der Waals surface area contributed by atoms with Crippen molar-refractivity contribution in [1.82, 2.24) is 36.2 Å². The molecule has 0 radical (unpaired) electrons. The summed E-state index contributed by atoms with van der Waals surface area (Å²) in [4.78, 5) is 65.0. The van der Waals surface area contributed by atoms with Crippen molar-refractivity contribution >= 4 is 58.4 Å². The van der Waals surface area contributed by atoms with Gasteiger partial charge in [0.25, 0.3) is 0 Å². The number of benzene rings is 3. The number of anilines is 3. The number of aliphatic hydroxyl groups excluding tert-OH is 1. The molecule has 0 saturated heterocycles. The lowest BCUT2D eigenvalue weighted by Gasteiger charge is -2.33. The molecule has 8 N–H and O–H groups in total. The molecule has 2 atom stereocenters. The van der Waals surface area contributed by atoms with E-state index in [1.807, 2.05) is 0 Å². The van der Waals surface area contributed by atoms with Crippen molar-refractivity contribution in [2.75, 3.05) is 22.6 Å². The summed E-state index contributed by atoms with van der Waals surface area (Å²) in [6.45, 7) is 3.51. The number of aliphatic hydroxyl groups is 1. The number of nitrogens with one attached hydrogen (secondary N) is 6. The van der Waals surface area contributed by atoms with E-state index >= 15 is 0 Å². The van der Waals surface area contributed by atoms with Crippen LogP contribution in [0, 0.1) is 0 Å². The monoisotopic (exact) mass is 718 g/mol. The van der Waals surface area contributed by atoms with Crippen LogP contribution in [-0.4, -0.2) is 78.0 Å². The average molecular weight is 719 g/mol. The highest BCUT2D eigenvalue weighted by molar-refractivity contribution is 6.40. The fourth-order valence-corrected chi connectivity index (χ4v) is 5.62. The minimum absolute atomic E-state index is 0.0555. The Balaban J connectivity index is 1.26. The fourth-order valence-electron chi connectivity index (χ4n) is 5.45. The highest BCUT2D eigenvalue weighted by Crippen LogP contribution is 2.40. The molecule has 18 heteroatoms. The van der Waals surface area contributed by atoms with Crippen LogP contribution in [-0.2, 0) is 25.6 Å². The molecule has 0 spiro atoms. The molecule has 51 heavy (non-hydrogen) atoms. The molecule has 1 aromatic heterocycles. The van der Waals surface area contributed by atoms with Crippen molar-refractivity contribution in [3.8, 4) is 5.69 Å². The first kappa shape index (κ1) is 36.2. The van der Waals surface area contributed by atoms with Crippen LogP contribution >= 0.6 is 11.6 Å². The summed E-state index contributed by atoms with van der Waals surface area (Å²) in [5.41, 5.74) is -0.617. The number of aromatic nitrogens is 4. The molecule has 1 aliphatic heterocycles. The van der Waals surface area contributed by atoms with E-state index in [1.165, 1.54) is 29.2 Å². The molecule has 0 aliphatic carbocycles. The van der Waals surface area contributed by atoms with E-state index in [4.69, 9.17) is 16.7 Å². The van der Waals surface area contributed by atoms with Crippen molar-refractivity contribution in [2.45, 2.75) is 50.4 Å². The Morgan fingerprint density at radius 2 is 1.75 bits per heavy atom. The first-order chi connectivity index (χ1) is 24.3. The molecule has 4 aromatic rings. The first-order valence-electron chi connectivity index (χ1n) is 15.7. The van der Waals surface area contributed by atoms with Gasteiger partial charge in [0.05, 0.1) is 11.4 Å². The van der Waals surface area contributed by atoms with E-state index < -0.39 is 47.0 Å². The standard InChI is InChI=1S/C33H35ClN10O7/c1-32(2,15-16-45)41-31(51)36-21-11-7-19(8-12-21)9-14-26(46)38-27-22-5-3-4-6-23(22)39-33(27,30(49)50)40-29(48)28(47)37-24-17-20(34)10-13-25(24)44-18-35-42-43-44/h3-8,10-13,17-18,27,39,45H,9,14-16H2,1-2H3,(H,37,47)(H,38,46)(H,40,48)(H,49,50)(H2,36,41,51). The number of rotatable bonds is 12. The number of para-hydroxylation sites is 1. The molecule has 5 rings (SSSR count). The van der Waals surface area contributed by atoms with Gasteiger partial charge >= 0.3 is 23.8 Å². The van der Waals surface area contributed by atoms with Gasteiger partial charge in [-0.2, -0.15) is 4.68 Å². The Kier molecular flexibility index (Phi) is 10.8. The minimum atomic E-state index is -2.35. The Morgan fingerprint density at radius 3 is 2.43 bits per heavy atom. The lowest BCUT2D eigenvalue weighted by atomic mass is 9.96. The average Bonchev–Trinajstić information content (AvgIpc) is 3.71. The van der Waals surface area contributed by atoms with Gasteiger partial charge in [-0.15, -0.1) is 5.10 Å². The van der Waals surface area contributed by atoms with Gasteiger partial charge in [0.2, 0.25) is 11.6 Å². The Hall–Kier alpha value is -6.07. The zero-order valence-corrected chi connectivity index (χ0v) is 28.2. The first-order valence-corrected chi connectivity index (χ1v) is 16.0. The van der Waals surface area contributed by atoms with E-state index in [0.29, 0.717) is 23.4 Å². The van der Waals surface area contributed by atoms with Gasteiger partial charge in [0.15, 0.2) is 0 Å². The smallest absolute Gasteiger partial charge is 0.353 e. The number of nitrogens with zero attached hydrogens (tertiary/aromatic N) is 4. The van der Waals surface area contributed by atoms with E-state index in [0.717, 1.165) is 5.56 Å². The Morgan fingerprint density at radius 1 is 1.00 bits per heavy atom. The molecule has 0 bridgehead atoms. The molecule has 2 heterocycles. The second kappa shape index (κ2) is 15.2. The van der Waals surface area contributed by atoms with Crippen LogP contribution in [0.1, 0.15) is 43.9 Å². The lowest BCUT2D eigenvalue weighted by Crippen LogP contribution is -2.65. The summed E-state index contributed by atoms with van der Waals surface area (Å²) in [5, 5.41) is 46.5. The van der Waals surface area contributed by atoms with Gasteiger partial charge in [-0.25, -0.2) is 9.59 Å². The molecule has 17 nitrogen and oxygen atoms in total. The number of tetrazole rings is 1. The number of aryl methyl sites for hydroxylation is 1. The van der Waals surface area contributed by atoms with E-state index in [9.17, 15) is 29.1 Å². The minimum Gasteiger partial charge on any atom is -0.478 e. The van der Waals surface area contributed by atoms with Crippen LogP contribution in [0.3, 0.4) is 0 Å². The predicted molar refractivity (Wildman–Crippen MR) is 185 cm³/mol. The van der Waals surface area contributed by atoms with Crippen LogP contribution in [0.2, 0.25) is 5.02 Å². The number of aliphatic carboxylic acids is 1. The molecule has 5 amide bonds. The number of hydrogen-bond donors (Lipinski definition) is 8. The molecule has 0 saturated carbocycles. The van der Waals surface area contributed by atoms with Gasteiger partial charge < -0.3 is 42.1 Å². The Bertz CT molecular complexity index is 1940. The van der Waals surface area contributed by atoms with Crippen molar-refractivity contribution in [1.29, 1.82) is 0 Å². The maximum absolute atomic E-state index is 13.3. The van der Waals surface area contributed by atoms with Crippen LogP contribution < -0.4 is 31.9 Å². The predicted octanol–water partition coefficient (Wildman–Crippen LogP) is 2.35. The molecule has 266 valence electrons. The normalized spacial score (nSPS) is 16.3. The van der Waals surface area contributed by atoms with Crippen molar-refractivity contribution in [3.05, 3.63) is 89.2 Å². The maximum Gasteiger partial charge on any atom is 0.353 e. The van der Waals surface area contributed by atoms with Gasteiger partial charge in [-0.3, -0.25) is 14.4 Å². The van der Waals surface area contributed by atoms with E-state index in [2.05, 4.69) is 47.4 Å². The van der Waals surface area contributed by atoms with Crippen LogP contribution in [0.5, 0.6) is 0 Å². The molecular weight excluding hydrogens is 684 g/mol. The van der Waals surface area contributed by atoms with Gasteiger partial charge in [0, 0.05) is 40.5 Å². The molecular formula is C33H35ClN10O7. The summed E-state index contributed by atoms with van der Waals surface area (Å²) in [5.74, 6) is -4.63. The second-order valence-electron chi connectivity index (χ2n) is 12.3. The number of carboxylic acid groups (broad SMARTS) is 1. The fraction of sp³-hybridized carbons (Fsp3) is 0.273. The quantitative estimate of drug-likeness (QED) is 0.0989. The SMILES string of the molecule is CC(C)(CCO)NC(=O)Nc1ccc(CCC(=O)NC2c3ccccc3NC2(NC(=O)C(=O)Nc2cc(Cl)ccc2-n2cnnn2)C(=O)O)cc1. The third-order valence-corrected chi connectivity index (χ3v) is 8.28. The molecule has 3 aromatic carbocycles. The largest absolute Gasteiger partial charge is 0.478 e. The van der Waals surface area contributed by atoms with Crippen LogP contribution in [0.15, 0.2) is 73.1 Å². The summed E-state index contributed by atoms with van der Waals surface area (Å²) in [6, 6.07) is 15.9. The van der Waals surface area contributed by atoms with Crippen LogP contribution in [0.4, 0.5) is 21.9 Å². The van der Waals surface area contributed by atoms with E-state index in [1.54, 1.807) is 62.4 Å². The molecule has 0 fully saturated rings. The summed E-state index contributed by atoms with van der Waals surface area (Å²) in [7, 11) is 0. The molecule has 1 aliphatic rings.